The minimum absolute atomic E-state index is 0.0240. The molecule has 2 unspecified atom stereocenters. The van der Waals surface area contributed by atoms with Gasteiger partial charge in [-0.3, -0.25) is 9.69 Å². The van der Waals surface area contributed by atoms with Gasteiger partial charge in [0.25, 0.3) is 0 Å². The molecule has 8 nitrogen and oxygen atoms in total. The summed E-state index contributed by atoms with van der Waals surface area (Å²) < 4.78 is 17.9. The van der Waals surface area contributed by atoms with Crippen LogP contribution in [-0.2, 0) is 19.7 Å². The predicted molar refractivity (Wildman–Crippen MR) is 204 cm³/mol. The van der Waals surface area contributed by atoms with Crippen LogP contribution in [0.2, 0.25) is 0 Å². The Labute approximate surface area is 308 Å². The van der Waals surface area contributed by atoms with Gasteiger partial charge in [0.05, 0.1) is 5.92 Å². The van der Waals surface area contributed by atoms with Crippen molar-refractivity contribution in [1.82, 2.24) is 15.1 Å². The zero-order chi connectivity index (χ0) is 36.1. The highest BCUT2D eigenvalue weighted by molar-refractivity contribution is 5.81. The van der Waals surface area contributed by atoms with Crippen molar-refractivity contribution in [3.05, 3.63) is 119 Å². The van der Waals surface area contributed by atoms with E-state index in [1.165, 1.54) is 22.3 Å². The summed E-state index contributed by atoms with van der Waals surface area (Å²) in [6.45, 7) is 8.16. The molecule has 1 N–H and O–H groups in total. The molecule has 2 heterocycles. The van der Waals surface area contributed by atoms with Gasteiger partial charge in [-0.05, 0) is 73.2 Å². The van der Waals surface area contributed by atoms with Crippen LogP contribution in [0.4, 0.5) is 4.79 Å². The van der Waals surface area contributed by atoms with Gasteiger partial charge in [-0.1, -0.05) is 98.8 Å². The van der Waals surface area contributed by atoms with Crippen LogP contribution in [0.3, 0.4) is 0 Å². The lowest BCUT2D eigenvalue weighted by Crippen LogP contribution is -2.56. The number of hydrogen-bond donors (Lipinski definition) is 1. The lowest BCUT2D eigenvalue weighted by molar-refractivity contribution is -0.127. The molecule has 0 aromatic heterocycles. The Kier molecular flexibility index (Phi) is 10.9. The SMILES string of the molecule is CCN(CC)C1CC(C(=O)NCC2(CCCCOC)c3ccccc3Oc3ccccc32)CN(C(=O)OCC2c3ccccc3-c3ccccc32)C1. The molecule has 0 bridgehead atoms. The molecule has 1 saturated heterocycles. The van der Waals surface area contributed by atoms with Crippen molar-refractivity contribution in [3.8, 4) is 22.6 Å². The first kappa shape index (κ1) is 35.7. The minimum atomic E-state index is -0.478. The predicted octanol–water partition coefficient (Wildman–Crippen LogP) is 7.99. The van der Waals surface area contributed by atoms with E-state index < -0.39 is 5.41 Å². The number of nitrogens with zero attached hydrogens (tertiary/aromatic N) is 2. The summed E-state index contributed by atoms with van der Waals surface area (Å²) >= 11 is 0. The standard InChI is InChI=1S/C44H51N3O5/c1-4-46(5-2)32-26-31(27-47(28-32)43(49)51-29-37-35-18-8-6-16-33(35)34-17-7-9-19-36(34)37)42(48)45-30-44(24-14-15-25-50-3)38-20-10-12-22-40(38)52-41-23-13-11-21-39(41)44/h6-13,16-23,31-32,37H,4-5,14-15,24-30H2,1-3H3,(H,45,48). The van der Waals surface area contributed by atoms with Crippen LogP contribution in [0.25, 0.3) is 11.1 Å². The third kappa shape index (κ3) is 6.94. The Balaban J connectivity index is 1.10. The van der Waals surface area contributed by atoms with Gasteiger partial charge >= 0.3 is 6.09 Å². The van der Waals surface area contributed by atoms with E-state index in [9.17, 15) is 9.59 Å². The fraction of sp³-hybridized carbons (Fsp3) is 0.409. The van der Waals surface area contributed by atoms with Gasteiger partial charge in [0.15, 0.2) is 0 Å². The van der Waals surface area contributed by atoms with Gasteiger partial charge in [-0.2, -0.15) is 0 Å². The van der Waals surface area contributed by atoms with Crippen molar-refractivity contribution < 1.29 is 23.8 Å². The third-order valence-corrected chi connectivity index (χ3v) is 11.5. The Hall–Kier alpha value is -4.66. The van der Waals surface area contributed by atoms with Crippen LogP contribution >= 0.6 is 0 Å². The van der Waals surface area contributed by atoms with E-state index in [1.807, 2.05) is 48.5 Å². The van der Waals surface area contributed by atoms with Gasteiger partial charge < -0.3 is 24.4 Å². The first-order valence-electron chi connectivity index (χ1n) is 18.9. The molecule has 2 atom stereocenters. The number of likely N-dealkylation sites (tertiary alicyclic amines) is 1. The molecule has 4 aromatic carbocycles. The van der Waals surface area contributed by atoms with Gasteiger partial charge in [0.2, 0.25) is 5.91 Å². The van der Waals surface area contributed by atoms with E-state index in [0.29, 0.717) is 32.7 Å². The first-order valence-corrected chi connectivity index (χ1v) is 18.9. The number of fused-ring (bicyclic) bond motifs is 5. The smallest absolute Gasteiger partial charge is 0.409 e. The lowest BCUT2D eigenvalue weighted by Gasteiger charge is -2.43. The number of nitrogens with one attached hydrogen (secondary N) is 1. The number of hydrogen-bond acceptors (Lipinski definition) is 6. The van der Waals surface area contributed by atoms with Crippen molar-refractivity contribution in [2.45, 2.75) is 56.9 Å². The number of methoxy groups -OCH3 is 1. The zero-order valence-corrected chi connectivity index (χ0v) is 30.7. The van der Waals surface area contributed by atoms with Crippen LogP contribution in [-0.4, -0.2) is 80.9 Å². The molecular formula is C44H51N3O5. The first-order chi connectivity index (χ1) is 25.5. The summed E-state index contributed by atoms with van der Waals surface area (Å²) in [5.41, 5.74) is 6.44. The van der Waals surface area contributed by atoms with E-state index in [-0.39, 0.29) is 36.5 Å². The second-order valence-electron chi connectivity index (χ2n) is 14.4. The number of carbonyl (C=O) groups is 2. The molecular weight excluding hydrogens is 650 g/mol. The molecule has 2 aliphatic heterocycles. The highest BCUT2D eigenvalue weighted by atomic mass is 16.6. The molecule has 0 saturated carbocycles. The number of amides is 2. The Morgan fingerprint density at radius 2 is 1.42 bits per heavy atom. The number of carbonyl (C=O) groups excluding carboxylic acids is 2. The van der Waals surface area contributed by atoms with Crippen LogP contribution in [0.5, 0.6) is 11.5 Å². The molecule has 3 aliphatic rings. The summed E-state index contributed by atoms with van der Waals surface area (Å²) in [5.74, 6) is 1.21. The van der Waals surface area contributed by atoms with E-state index >= 15 is 0 Å². The van der Waals surface area contributed by atoms with E-state index in [1.54, 1.807) is 12.0 Å². The topological polar surface area (TPSA) is 80.3 Å². The molecule has 272 valence electrons. The molecule has 1 fully saturated rings. The summed E-state index contributed by atoms with van der Waals surface area (Å²) in [7, 11) is 1.73. The molecule has 8 heteroatoms. The van der Waals surface area contributed by atoms with Crippen LogP contribution in [0, 0.1) is 5.92 Å². The van der Waals surface area contributed by atoms with Crippen LogP contribution < -0.4 is 10.1 Å². The number of ether oxygens (including phenoxy) is 3. The molecule has 7 rings (SSSR count). The molecule has 0 radical (unpaired) electrons. The summed E-state index contributed by atoms with van der Waals surface area (Å²) in [4.78, 5) is 32.4. The van der Waals surface area contributed by atoms with Crippen LogP contribution in [0.1, 0.15) is 67.7 Å². The molecule has 2 amide bonds. The van der Waals surface area contributed by atoms with Gasteiger partial charge in [-0.15, -0.1) is 0 Å². The Morgan fingerprint density at radius 3 is 2.04 bits per heavy atom. The van der Waals surface area contributed by atoms with E-state index in [0.717, 1.165) is 55.0 Å². The normalized spacial score (nSPS) is 18.5. The van der Waals surface area contributed by atoms with Crippen molar-refractivity contribution in [2.75, 3.05) is 53.0 Å². The minimum Gasteiger partial charge on any atom is -0.457 e. The largest absolute Gasteiger partial charge is 0.457 e. The lowest BCUT2D eigenvalue weighted by atomic mass is 9.69. The number of likely N-dealkylation sites (N-methyl/N-ethyl adjacent to an activating group) is 1. The fourth-order valence-corrected chi connectivity index (χ4v) is 8.87. The number of piperidine rings is 1. The maximum absolute atomic E-state index is 14.4. The molecule has 1 aliphatic carbocycles. The van der Waals surface area contributed by atoms with Crippen molar-refractivity contribution in [2.24, 2.45) is 5.92 Å². The highest BCUT2D eigenvalue weighted by Crippen LogP contribution is 2.50. The fourth-order valence-electron chi connectivity index (χ4n) is 8.87. The molecule has 4 aromatic rings. The van der Waals surface area contributed by atoms with Crippen LogP contribution in [0.15, 0.2) is 97.1 Å². The average Bonchev–Trinajstić information content (AvgIpc) is 3.51. The van der Waals surface area contributed by atoms with Crippen molar-refractivity contribution in [3.63, 3.8) is 0 Å². The summed E-state index contributed by atoms with van der Waals surface area (Å²) in [6, 6.07) is 33.1. The van der Waals surface area contributed by atoms with Gasteiger partial charge in [0.1, 0.15) is 18.1 Å². The van der Waals surface area contributed by atoms with Gasteiger partial charge in [-0.25, -0.2) is 4.79 Å². The van der Waals surface area contributed by atoms with Crippen molar-refractivity contribution >= 4 is 12.0 Å². The van der Waals surface area contributed by atoms with E-state index in [2.05, 4.69) is 72.6 Å². The monoisotopic (exact) mass is 701 g/mol. The molecule has 0 spiro atoms. The number of benzene rings is 4. The number of rotatable bonds is 13. The van der Waals surface area contributed by atoms with Gasteiger partial charge in [0, 0.05) is 61.9 Å². The third-order valence-electron chi connectivity index (χ3n) is 11.5. The summed E-state index contributed by atoms with van der Waals surface area (Å²) in [5, 5.41) is 3.42. The Morgan fingerprint density at radius 1 is 0.827 bits per heavy atom. The highest BCUT2D eigenvalue weighted by Gasteiger charge is 2.43. The quantitative estimate of drug-likeness (QED) is 0.142. The second-order valence-corrected chi connectivity index (χ2v) is 14.4. The number of unbranched alkanes of at least 4 members (excludes halogenated alkanes) is 1. The second kappa shape index (κ2) is 15.9. The maximum Gasteiger partial charge on any atom is 0.409 e. The van der Waals surface area contributed by atoms with Crippen molar-refractivity contribution in [1.29, 1.82) is 0 Å². The number of para-hydroxylation sites is 2. The summed E-state index contributed by atoms with van der Waals surface area (Å²) in [6.07, 6.45) is 2.99. The van der Waals surface area contributed by atoms with E-state index in [4.69, 9.17) is 14.2 Å². The average molecular weight is 702 g/mol. The molecule has 52 heavy (non-hydrogen) atoms. The zero-order valence-electron chi connectivity index (χ0n) is 30.7. The Bertz CT molecular complexity index is 1780. The maximum atomic E-state index is 14.4.